The van der Waals surface area contributed by atoms with E-state index in [1.807, 2.05) is 18.2 Å². The third kappa shape index (κ3) is 3.15. The molecule has 0 aliphatic carbocycles. The normalized spacial score (nSPS) is 20.1. The van der Waals surface area contributed by atoms with Gasteiger partial charge in [-0.3, -0.25) is 4.79 Å². The molecule has 0 radical (unpaired) electrons. The van der Waals surface area contributed by atoms with Crippen molar-refractivity contribution in [2.75, 3.05) is 62.4 Å². The Morgan fingerprint density at radius 3 is 1.80 bits per heavy atom. The summed E-state index contributed by atoms with van der Waals surface area (Å²) < 4.78 is 17.7. The molecular formula is C28H27N3O4. The molecule has 4 aliphatic heterocycles. The number of amides is 1. The summed E-state index contributed by atoms with van der Waals surface area (Å²) in [4.78, 5) is 17.8. The fraction of sp³-hybridized carbons (Fsp3) is 0.321. The second-order valence-electron chi connectivity index (χ2n) is 9.41. The van der Waals surface area contributed by atoms with Crippen LogP contribution < -0.4 is 19.9 Å². The van der Waals surface area contributed by atoms with Crippen LogP contribution in [0.2, 0.25) is 0 Å². The lowest BCUT2D eigenvalue weighted by molar-refractivity contribution is 0.0946. The minimum absolute atomic E-state index is 0.0612. The van der Waals surface area contributed by atoms with Crippen LogP contribution in [-0.4, -0.2) is 58.5 Å². The van der Waals surface area contributed by atoms with Crippen molar-refractivity contribution in [3.8, 4) is 11.5 Å². The zero-order valence-corrected chi connectivity index (χ0v) is 19.5. The topological polar surface area (TPSA) is 63.3 Å². The number of carbonyl (C=O) groups excluding carboxylic acids is 1. The number of hydrogen-bond acceptors (Lipinski definition) is 6. The van der Waals surface area contributed by atoms with Crippen LogP contribution in [0.3, 0.4) is 0 Å². The number of morpholine rings is 2. The quantitative estimate of drug-likeness (QED) is 0.620. The van der Waals surface area contributed by atoms with Crippen LogP contribution in [-0.2, 0) is 15.0 Å². The van der Waals surface area contributed by atoms with Crippen molar-refractivity contribution in [3.05, 3.63) is 82.9 Å². The fourth-order valence-electron chi connectivity index (χ4n) is 5.85. The van der Waals surface area contributed by atoms with E-state index in [1.54, 1.807) is 0 Å². The first-order chi connectivity index (χ1) is 17.2. The highest BCUT2D eigenvalue weighted by molar-refractivity contribution is 6.02. The van der Waals surface area contributed by atoms with Crippen molar-refractivity contribution in [1.82, 2.24) is 5.32 Å². The fourth-order valence-corrected chi connectivity index (χ4v) is 5.85. The van der Waals surface area contributed by atoms with Crippen LogP contribution >= 0.6 is 0 Å². The van der Waals surface area contributed by atoms with Gasteiger partial charge >= 0.3 is 0 Å². The van der Waals surface area contributed by atoms with E-state index in [4.69, 9.17) is 14.2 Å². The highest BCUT2D eigenvalue weighted by atomic mass is 16.5. The molecule has 178 valence electrons. The van der Waals surface area contributed by atoms with Crippen LogP contribution in [0, 0.1) is 0 Å². The maximum atomic E-state index is 13.2. The Morgan fingerprint density at radius 1 is 0.686 bits per heavy atom. The van der Waals surface area contributed by atoms with Gasteiger partial charge in [0.2, 0.25) is 0 Å². The molecular weight excluding hydrogens is 442 g/mol. The molecule has 0 saturated carbocycles. The number of ether oxygens (including phenoxy) is 3. The molecule has 3 aromatic rings. The lowest BCUT2D eigenvalue weighted by atomic mass is 9.75. The Hall–Kier alpha value is -3.55. The van der Waals surface area contributed by atoms with Crippen molar-refractivity contribution in [2.24, 2.45) is 0 Å². The third-order valence-corrected chi connectivity index (χ3v) is 7.59. The summed E-state index contributed by atoms with van der Waals surface area (Å²) in [5.74, 6) is 1.49. The SMILES string of the molecule is O=C1NC2(c3ccc(N4CCOCC4)cc3Oc3cc(N4CCOCC4)ccc32)c2ccccc21. The zero-order chi connectivity index (χ0) is 23.4. The number of nitrogens with zero attached hydrogens (tertiary/aromatic N) is 2. The number of hydrogen-bond donors (Lipinski definition) is 1. The van der Waals surface area contributed by atoms with Gasteiger partial charge in [-0.2, -0.15) is 0 Å². The molecule has 1 N–H and O–H groups in total. The summed E-state index contributed by atoms with van der Waals surface area (Å²) in [6.07, 6.45) is 0. The van der Waals surface area contributed by atoms with Crippen molar-refractivity contribution in [2.45, 2.75) is 5.54 Å². The van der Waals surface area contributed by atoms with Crippen molar-refractivity contribution < 1.29 is 19.0 Å². The van der Waals surface area contributed by atoms with Crippen molar-refractivity contribution >= 4 is 17.3 Å². The summed E-state index contributed by atoms with van der Waals surface area (Å²) in [6, 6.07) is 20.6. The standard InChI is InChI=1S/C28H27N3O4/c32-27-21-3-1-2-4-22(21)28(29-27)23-7-5-19(30-9-13-33-14-10-30)17-25(23)35-26-18-20(6-8-24(26)28)31-11-15-34-16-12-31/h1-8,17-18H,9-16H2,(H,29,32). The van der Waals surface area contributed by atoms with E-state index in [9.17, 15) is 4.79 Å². The summed E-state index contributed by atoms with van der Waals surface area (Å²) >= 11 is 0. The summed E-state index contributed by atoms with van der Waals surface area (Å²) in [5.41, 5.74) is 5.01. The summed E-state index contributed by atoms with van der Waals surface area (Å²) in [7, 11) is 0. The van der Waals surface area contributed by atoms with Crippen molar-refractivity contribution in [3.63, 3.8) is 0 Å². The third-order valence-electron chi connectivity index (χ3n) is 7.59. The number of fused-ring (bicyclic) bond motifs is 6. The van der Waals surface area contributed by atoms with Gasteiger partial charge in [-0.1, -0.05) is 30.3 Å². The molecule has 0 atom stereocenters. The smallest absolute Gasteiger partial charge is 0.252 e. The van der Waals surface area contributed by atoms with Crippen LogP contribution in [0.4, 0.5) is 11.4 Å². The second kappa shape index (κ2) is 8.00. The molecule has 35 heavy (non-hydrogen) atoms. The van der Waals surface area contributed by atoms with Crippen LogP contribution in [0.15, 0.2) is 60.7 Å². The number of nitrogens with one attached hydrogen (secondary N) is 1. The first kappa shape index (κ1) is 20.8. The average molecular weight is 470 g/mol. The van der Waals surface area contributed by atoms with Gasteiger partial charge in [-0.25, -0.2) is 0 Å². The number of rotatable bonds is 2. The zero-order valence-electron chi connectivity index (χ0n) is 19.5. The lowest BCUT2D eigenvalue weighted by Gasteiger charge is -2.39. The highest BCUT2D eigenvalue weighted by Crippen LogP contribution is 2.54. The molecule has 4 aliphatic rings. The van der Waals surface area contributed by atoms with E-state index < -0.39 is 5.54 Å². The Morgan fingerprint density at radius 2 is 1.23 bits per heavy atom. The Balaban J connectivity index is 1.40. The van der Waals surface area contributed by atoms with E-state index >= 15 is 0 Å². The van der Waals surface area contributed by atoms with Gasteiger partial charge in [0.25, 0.3) is 5.91 Å². The van der Waals surface area contributed by atoms with Gasteiger partial charge in [-0.05, 0) is 23.8 Å². The van der Waals surface area contributed by atoms with Gasteiger partial charge in [-0.15, -0.1) is 0 Å². The van der Waals surface area contributed by atoms with Crippen molar-refractivity contribution in [1.29, 1.82) is 0 Å². The van der Waals surface area contributed by atoms with E-state index in [2.05, 4.69) is 57.6 Å². The predicted octanol–water partition coefficient (Wildman–Crippen LogP) is 3.50. The van der Waals surface area contributed by atoms with Gasteiger partial charge in [0.15, 0.2) is 0 Å². The molecule has 7 heteroatoms. The van der Waals surface area contributed by atoms with Crippen LogP contribution in [0.5, 0.6) is 11.5 Å². The maximum absolute atomic E-state index is 13.2. The number of benzene rings is 3. The van der Waals surface area contributed by atoms with Gasteiger partial charge in [0.05, 0.1) is 26.4 Å². The molecule has 0 bridgehead atoms. The number of carbonyl (C=O) groups is 1. The molecule has 0 unspecified atom stereocenters. The molecule has 2 saturated heterocycles. The Kier molecular flexibility index (Phi) is 4.75. The average Bonchev–Trinajstić information content (AvgIpc) is 3.22. The predicted molar refractivity (Wildman–Crippen MR) is 133 cm³/mol. The maximum Gasteiger partial charge on any atom is 0.252 e. The molecule has 7 nitrogen and oxygen atoms in total. The van der Waals surface area contributed by atoms with E-state index in [-0.39, 0.29) is 5.91 Å². The largest absolute Gasteiger partial charge is 0.456 e. The Labute approximate surface area is 204 Å². The Bertz CT molecular complexity index is 1240. The highest BCUT2D eigenvalue weighted by Gasteiger charge is 2.51. The molecule has 0 aromatic heterocycles. The minimum atomic E-state index is -0.788. The molecule has 2 fully saturated rings. The van der Waals surface area contributed by atoms with Gasteiger partial charge in [0.1, 0.15) is 17.0 Å². The first-order valence-electron chi connectivity index (χ1n) is 12.3. The van der Waals surface area contributed by atoms with Crippen LogP contribution in [0.25, 0.3) is 0 Å². The molecule has 1 spiro atoms. The van der Waals surface area contributed by atoms with E-state index in [0.717, 1.165) is 92.2 Å². The van der Waals surface area contributed by atoms with Crippen LogP contribution in [0.1, 0.15) is 27.0 Å². The van der Waals surface area contributed by atoms with Gasteiger partial charge in [0, 0.05) is 66.4 Å². The number of anilines is 2. The van der Waals surface area contributed by atoms with Gasteiger partial charge < -0.3 is 29.3 Å². The van der Waals surface area contributed by atoms with E-state index in [1.165, 1.54) is 0 Å². The summed E-state index contributed by atoms with van der Waals surface area (Å²) in [5, 5.41) is 3.36. The second-order valence-corrected chi connectivity index (χ2v) is 9.41. The lowest BCUT2D eigenvalue weighted by Crippen LogP contribution is -2.44. The molecule has 7 rings (SSSR count). The molecule has 1 amide bonds. The molecule has 4 heterocycles. The molecule has 3 aromatic carbocycles. The minimum Gasteiger partial charge on any atom is -0.456 e. The monoisotopic (exact) mass is 469 g/mol. The first-order valence-corrected chi connectivity index (χ1v) is 12.3. The van der Waals surface area contributed by atoms with E-state index in [0.29, 0.717) is 5.56 Å². The summed E-state index contributed by atoms with van der Waals surface area (Å²) in [6.45, 7) is 6.27.